The Morgan fingerprint density at radius 2 is 1.96 bits per heavy atom. The van der Waals surface area contributed by atoms with Crippen molar-refractivity contribution in [2.75, 3.05) is 6.54 Å². The molecule has 0 spiro atoms. The van der Waals surface area contributed by atoms with Crippen LogP contribution in [0.15, 0.2) is 0 Å². The Bertz CT molecular complexity index is 435. The van der Waals surface area contributed by atoms with E-state index in [-0.39, 0.29) is 30.9 Å². The molecule has 2 amide bonds. The molecule has 7 nitrogen and oxygen atoms in total. The van der Waals surface area contributed by atoms with E-state index in [1.165, 1.54) is 0 Å². The highest BCUT2D eigenvalue weighted by molar-refractivity contribution is 5.86. The number of nitrogens with zero attached hydrogens (tertiary/aromatic N) is 1. The Kier molecular flexibility index (Phi) is 9.49. The molecule has 1 aliphatic carbocycles. The third-order valence-electron chi connectivity index (χ3n) is 4.61. The molecule has 2 atom stereocenters. The molecular formula is C18H32N2O5. The number of esters is 1. The third-order valence-corrected chi connectivity index (χ3v) is 4.61. The molecule has 0 radical (unpaired) electrons. The molecule has 1 rings (SSSR count). The maximum Gasteiger partial charge on any atom is 0.329 e. The van der Waals surface area contributed by atoms with Gasteiger partial charge < -0.3 is 10.1 Å². The van der Waals surface area contributed by atoms with E-state index in [1.807, 2.05) is 20.8 Å². The van der Waals surface area contributed by atoms with Crippen molar-refractivity contribution in [3.8, 4) is 0 Å². The Hall–Kier alpha value is -1.63. The second-order valence-corrected chi connectivity index (χ2v) is 7.14. The van der Waals surface area contributed by atoms with Crippen LogP contribution in [0, 0.1) is 11.8 Å². The minimum Gasteiger partial charge on any atom is -0.461 e. The van der Waals surface area contributed by atoms with Crippen LogP contribution >= 0.6 is 0 Å². The highest BCUT2D eigenvalue weighted by atomic mass is 16.5. The van der Waals surface area contributed by atoms with Crippen LogP contribution in [0.5, 0.6) is 0 Å². The van der Waals surface area contributed by atoms with E-state index in [9.17, 15) is 19.6 Å². The lowest BCUT2D eigenvalue weighted by atomic mass is 9.98. The average molecular weight is 356 g/mol. The topological polar surface area (TPSA) is 95.9 Å². The van der Waals surface area contributed by atoms with Crippen LogP contribution in [0.1, 0.15) is 65.7 Å². The minimum atomic E-state index is -0.722. The second-order valence-electron chi connectivity index (χ2n) is 7.14. The summed E-state index contributed by atoms with van der Waals surface area (Å²) in [5, 5.41) is 12.6. The van der Waals surface area contributed by atoms with Crippen LogP contribution in [0.2, 0.25) is 0 Å². The van der Waals surface area contributed by atoms with Gasteiger partial charge in [-0.3, -0.25) is 14.8 Å². The molecule has 1 fully saturated rings. The molecule has 0 bridgehead atoms. The van der Waals surface area contributed by atoms with Crippen molar-refractivity contribution in [2.45, 2.75) is 77.9 Å². The number of unbranched alkanes of at least 4 members (excludes halogenated alkanes) is 1. The Morgan fingerprint density at radius 3 is 2.48 bits per heavy atom. The lowest BCUT2D eigenvalue weighted by Gasteiger charge is -2.26. The summed E-state index contributed by atoms with van der Waals surface area (Å²) >= 11 is 0. The molecule has 1 unspecified atom stereocenters. The maximum absolute atomic E-state index is 12.6. The fourth-order valence-electron chi connectivity index (χ4n) is 3.04. The zero-order valence-electron chi connectivity index (χ0n) is 15.6. The minimum absolute atomic E-state index is 0.0514. The largest absolute Gasteiger partial charge is 0.461 e. The Labute approximate surface area is 150 Å². The summed E-state index contributed by atoms with van der Waals surface area (Å²) in [6, 6.07) is -0.722. The first-order valence-electron chi connectivity index (χ1n) is 9.30. The van der Waals surface area contributed by atoms with E-state index in [0.29, 0.717) is 11.5 Å². The molecule has 1 saturated carbocycles. The van der Waals surface area contributed by atoms with Gasteiger partial charge in [0.2, 0.25) is 12.3 Å². The van der Waals surface area contributed by atoms with Gasteiger partial charge in [0.1, 0.15) is 12.1 Å². The first-order valence-corrected chi connectivity index (χ1v) is 9.30. The number of amides is 2. The zero-order chi connectivity index (χ0) is 18.8. The summed E-state index contributed by atoms with van der Waals surface area (Å²) < 4.78 is 5.53. The van der Waals surface area contributed by atoms with E-state index in [4.69, 9.17) is 4.74 Å². The molecular weight excluding hydrogens is 324 g/mol. The summed E-state index contributed by atoms with van der Waals surface area (Å²) in [4.78, 5) is 35.7. The molecule has 25 heavy (non-hydrogen) atoms. The maximum atomic E-state index is 12.6. The number of ether oxygens (including phenoxy) is 1. The number of rotatable bonds is 11. The van der Waals surface area contributed by atoms with Gasteiger partial charge in [0, 0.05) is 0 Å². The van der Waals surface area contributed by atoms with Crippen LogP contribution < -0.4 is 5.32 Å². The van der Waals surface area contributed by atoms with Crippen LogP contribution in [0.4, 0.5) is 0 Å². The zero-order valence-corrected chi connectivity index (χ0v) is 15.6. The normalized spacial score (nSPS) is 17.2. The van der Waals surface area contributed by atoms with Gasteiger partial charge in [-0.2, -0.15) is 0 Å². The molecule has 2 N–H and O–H groups in total. The van der Waals surface area contributed by atoms with E-state index in [0.717, 1.165) is 38.5 Å². The molecule has 0 aromatic rings. The van der Waals surface area contributed by atoms with Crippen molar-refractivity contribution in [2.24, 2.45) is 11.8 Å². The van der Waals surface area contributed by atoms with E-state index < -0.39 is 17.9 Å². The quantitative estimate of drug-likeness (QED) is 0.256. The fourth-order valence-corrected chi connectivity index (χ4v) is 3.04. The van der Waals surface area contributed by atoms with Crippen molar-refractivity contribution in [1.29, 1.82) is 0 Å². The van der Waals surface area contributed by atoms with Gasteiger partial charge in [-0.1, -0.05) is 33.6 Å². The summed E-state index contributed by atoms with van der Waals surface area (Å²) in [6.45, 7) is 5.62. The molecule has 0 saturated heterocycles. The molecule has 7 heteroatoms. The highest BCUT2D eigenvalue weighted by Gasteiger charge is 2.31. The van der Waals surface area contributed by atoms with Gasteiger partial charge in [-0.05, 0) is 38.0 Å². The molecule has 0 aromatic heterocycles. The number of nitrogens with one attached hydrogen (secondary N) is 1. The van der Waals surface area contributed by atoms with Gasteiger partial charge in [0.05, 0.1) is 12.5 Å². The fraction of sp³-hybridized carbons (Fsp3) is 0.833. The lowest BCUT2D eigenvalue weighted by Crippen LogP contribution is -2.49. The van der Waals surface area contributed by atoms with Gasteiger partial charge in [0.25, 0.3) is 0 Å². The second kappa shape index (κ2) is 11.1. The number of carbonyl (C=O) groups is 3. The van der Waals surface area contributed by atoms with Gasteiger partial charge >= 0.3 is 5.97 Å². The standard InChI is InChI=1S/C18H32N2O5/c1-4-5-8-14(11-20(24)12-21)17(22)19-16(13(2)3)18(23)25-15-9-6-7-10-15/h12-16,24H,4-11H2,1-3H3,(H,19,22)/t14?,16-/m0/s1. The summed E-state index contributed by atoms with van der Waals surface area (Å²) in [6.07, 6.45) is 6.34. The van der Waals surface area contributed by atoms with Crippen molar-refractivity contribution >= 4 is 18.3 Å². The van der Waals surface area contributed by atoms with Crippen molar-refractivity contribution in [3.63, 3.8) is 0 Å². The first-order chi connectivity index (χ1) is 11.9. The highest BCUT2D eigenvalue weighted by Crippen LogP contribution is 2.22. The van der Waals surface area contributed by atoms with Crippen molar-refractivity contribution < 1.29 is 24.3 Å². The SMILES string of the molecule is CCCCC(CN(O)C=O)C(=O)N[C@H](C(=O)OC1CCCC1)C(C)C. The Balaban J connectivity index is 2.69. The van der Waals surface area contributed by atoms with E-state index in [2.05, 4.69) is 5.32 Å². The van der Waals surface area contributed by atoms with Crippen LogP contribution in [-0.4, -0.2) is 47.2 Å². The molecule has 1 aliphatic rings. The first kappa shape index (κ1) is 21.4. The summed E-state index contributed by atoms with van der Waals surface area (Å²) in [5.41, 5.74) is 0. The van der Waals surface area contributed by atoms with Crippen LogP contribution in [0.3, 0.4) is 0 Å². The smallest absolute Gasteiger partial charge is 0.329 e. The lowest BCUT2D eigenvalue weighted by molar-refractivity contribution is -0.158. The van der Waals surface area contributed by atoms with Crippen molar-refractivity contribution in [1.82, 2.24) is 10.4 Å². The van der Waals surface area contributed by atoms with E-state index in [1.54, 1.807) is 0 Å². The third kappa shape index (κ3) is 7.42. The van der Waals surface area contributed by atoms with Gasteiger partial charge in [-0.25, -0.2) is 9.86 Å². The predicted molar refractivity (Wildman–Crippen MR) is 92.7 cm³/mol. The number of hydrogen-bond acceptors (Lipinski definition) is 5. The summed E-state index contributed by atoms with van der Waals surface area (Å²) in [7, 11) is 0. The van der Waals surface area contributed by atoms with Crippen LogP contribution in [-0.2, 0) is 19.1 Å². The monoisotopic (exact) mass is 356 g/mol. The predicted octanol–water partition coefficient (Wildman–Crippen LogP) is 2.27. The average Bonchev–Trinajstić information content (AvgIpc) is 3.08. The van der Waals surface area contributed by atoms with Crippen LogP contribution in [0.25, 0.3) is 0 Å². The number of hydrogen-bond donors (Lipinski definition) is 2. The van der Waals surface area contributed by atoms with Gasteiger partial charge in [-0.15, -0.1) is 0 Å². The molecule has 0 aliphatic heterocycles. The number of hydroxylamine groups is 2. The molecule has 144 valence electrons. The number of carbonyl (C=O) groups excluding carboxylic acids is 3. The molecule has 0 aromatic carbocycles. The Morgan fingerprint density at radius 1 is 1.32 bits per heavy atom. The van der Waals surface area contributed by atoms with Crippen molar-refractivity contribution in [3.05, 3.63) is 0 Å². The summed E-state index contributed by atoms with van der Waals surface area (Å²) in [5.74, 6) is -1.41. The van der Waals surface area contributed by atoms with E-state index >= 15 is 0 Å². The molecule has 0 heterocycles. The van der Waals surface area contributed by atoms with Gasteiger partial charge in [0.15, 0.2) is 0 Å².